The molecule has 2 rings (SSSR count). The van der Waals surface area contributed by atoms with E-state index in [0.29, 0.717) is 19.1 Å². The van der Waals surface area contributed by atoms with Crippen LogP contribution in [0.2, 0.25) is 0 Å². The summed E-state index contributed by atoms with van der Waals surface area (Å²) in [6, 6.07) is -4.11. The van der Waals surface area contributed by atoms with E-state index in [1.165, 1.54) is 0 Å². The molecule has 0 saturated heterocycles. The van der Waals surface area contributed by atoms with E-state index in [0.717, 1.165) is 13.8 Å². The number of anilines is 2. The largest absolute Gasteiger partial charge is 0.408 e. The monoisotopic (exact) mass is 395 g/mol. The highest BCUT2D eigenvalue weighted by atomic mass is 19.4. The van der Waals surface area contributed by atoms with Crippen LogP contribution in [0.25, 0.3) is 0 Å². The van der Waals surface area contributed by atoms with Crippen molar-refractivity contribution in [3.8, 4) is 11.8 Å². The Bertz CT molecular complexity index is 722. The molecule has 6 nitrogen and oxygen atoms in total. The summed E-state index contributed by atoms with van der Waals surface area (Å²) in [5.41, 5.74) is -0.855. The van der Waals surface area contributed by atoms with Crippen LogP contribution >= 0.6 is 0 Å². The average Bonchev–Trinajstić information content (AvgIpc) is 3.31. The Kier molecular flexibility index (Phi) is 5.53. The summed E-state index contributed by atoms with van der Waals surface area (Å²) in [5.74, 6) is 3.47. The van der Waals surface area contributed by atoms with Crippen LogP contribution < -0.4 is 10.6 Å². The first-order chi connectivity index (χ1) is 12.3. The van der Waals surface area contributed by atoms with E-state index >= 15 is 0 Å². The topological polar surface area (TPSA) is 79.8 Å². The van der Waals surface area contributed by atoms with Gasteiger partial charge in [0, 0.05) is 0 Å². The normalized spacial score (nSPS) is 17.9. The maximum atomic E-state index is 12.7. The molecule has 27 heavy (non-hydrogen) atoms. The standard InChI is InChI=1S/C15H15F6N5O/c1-8(14(16,17)18)22-11-24-10(3-4-13(7-27)5-6-13)25-12(26-11)23-9(2)15(19,20)21/h7-9H,5-6H2,1-2H3,(H2,22,23,24,25,26)/t8-,9?/m1/s1. The maximum Gasteiger partial charge on any atom is 0.408 e. The molecule has 12 heteroatoms. The van der Waals surface area contributed by atoms with Crippen molar-refractivity contribution in [1.82, 2.24) is 15.0 Å². The Hall–Kier alpha value is -2.58. The lowest BCUT2D eigenvalue weighted by atomic mass is 10.1. The lowest BCUT2D eigenvalue weighted by Crippen LogP contribution is -2.35. The molecule has 1 fully saturated rings. The summed E-state index contributed by atoms with van der Waals surface area (Å²) < 4.78 is 76.2. The number of nitrogens with one attached hydrogen (secondary N) is 2. The number of nitrogens with zero attached hydrogens (tertiary/aromatic N) is 3. The number of rotatable bonds is 5. The van der Waals surface area contributed by atoms with Crippen LogP contribution in [0.15, 0.2) is 0 Å². The lowest BCUT2D eigenvalue weighted by molar-refractivity contribution is -0.139. The molecular weight excluding hydrogens is 380 g/mol. The third kappa shape index (κ3) is 5.70. The van der Waals surface area contributed by atoms with Gasteiger partial charge in [0.1, 0.15) is 18.4 Å². The van der Waals surface area contributed by atoms with E-state index < -0.39 is 41.7 Å². The molecule has 0 bridgehead atoms. The number of halogens is 6. The number of carbonyl (C=O) groups is 1. The lowest BCUT2D eigenvalue weighted by Gasteiger charge is -2.19. The molecule has 1 heterocycles. The smallest absolute Gasteiger partial charge is 0.343 e. The molecule has 0 radical (unpaired) electrons. The highest BCUT2D eigenvalue weighted by Crippen LogP contribution is 2.42. The first-order valence-electron chi connectivity index (χ1n) is 7.77. The zero-order valence-electron chi connectivity index (χ0n) is 14.2. The van der Waals surface area contributed by atoms with Crippen molar-refractivity contribution in [2.24, 2.45) is 5.41 Å². The summed E-state index contributed by atoms with van der Waals surface area (Å²) in [7, 11) is 0. The minimum atomic E-state index is -4.62. The fraction of sp³-hybridized carbons (Fsp3) is 0.600. The van der Waals surface area contributed by atoms with Crippen molar-refractivity contribution in [3.05, 3.63) is 5.82 Å². The minimum Gasteiger partial charge on any atom is -0.343 e. The van der Waals surface area contributed by atoms with Crippen molar-refractivity contribution >= 4 is 18.2 Å². The molecule has 1 aliphatic carbocycles. The number of aldehydes is 1. The summed E-state index contributed by atoms with van der Waals surface area (Å²) in [5, 5.41) is 3.91. The van der Waals surface area contributed by atoms with Crippen LogP contribution in [0, 0.1) is 17.3 Å². The van der Waals surface area contributed by atoms with Gasteiger partial charge in [0.25, 0.3) is 0 Å². The van der Waals surface area contributed by atoms with Gasteiger partial charge < -0.3 is 15.4 Å². The SMILES string of the molecule is CC(Nc1nc(C#CC2(C=O)CC2)nc(N[C@H](C)C(F)(F)F)n1)C(F)(F)F. The molecule has 0 aromatic carbocycles. The Labute approximate surface area is 150 Å². The number of hydrogen-bond acceptors (Lipinski definition) is 6. The van der Waals surface area contributed by atoms with Crippen LogP contribution in [-0.2, 0) is 4.79 Å². The first-order valence-corrected chi connectivity index (χ1v) is 7.77. The Balaban J connectivity index is 2.33. The van der Waals surface area contributed by atoms with Gasteiger partial charge in [0.2, 0.25) is 17.7 Å². The van der Waals surface area contributed by atoms with E-state index in [-0.39, 0.29) is 5.82 Å². The Morgan fingerprint density at radius 3 is 1.74 bits per heavy atom. The van der Waals surface area contributed by atoms with Crippen LogP contribution in [0.3, 0.4) is 0 Å². The van der Waals surface area contributed by atoms with Crippen molar-refractivity contribution in [3.63, 3.8) is 0 Å². The van der Waals surface area contributed by atoms with Gasteiger partial charge in [-0.15, -0.1) is 0 Å². The summed E-state index contributed by atoms with van der Waals surface area (Å²) >= 11 is 0. The maximum absolute atomic E-state index is 12.7. The van der Waals surface area contributed by atoms with Crippen LogP contribution in [-0.4, -0.2) is 45.7 Å². The first kappa shape index (κ1) is 20.7. The van der Waals surface area contributed by atoms with E-state index in [9.17, 15) is 31.1 Å². The van der Waals surface area contributed by atoms with E-state index in [2.05, 4.69) is 26.8 Å². The minimum absolute atomic E-state index is 0.355. The summed E-state index contributed by atoms with van der Waals surface area (Å²) in [6.45, 7) is 1.60. The van der Waals surface area contributed by atoms with Crippen molar-refractivity contribution in [2.75, 3.05) is 10.6 Å². The van der Waals surface area contributed by atoms with Crippen LogP contribution in [0.1, 0.15) is 32.5 Å². The van der Waals surface area contributed by atoms with Gasteiger partial charge in [-0.3, -0.25) is 0 Å². The van der Waals surface area contributed by atoms with Gasteiger partial charge >= 0.3 is 12.4 Å². The fourth-order valence-corrected chi connectivity index (χ4v) is 1.70. The molecule has 1 aromatic rings. The van der Waals surface area contributed by atoms with Gasteiger partial charge in [-0.1, -0.05) is 5.92 Å². The van der Waals surface area contributed by atoms with Gasteiger partial charge in [0.05, 0.1) is 5.41 Å². The number of alkyl halides is 6. The second-order valence-corrected chi connectivity index (χ2v) is 6.15. The van der Waals surface area contributed by atoms with Crippen LogP contribution in [0.5, 0.6) is 0 Å². The predicted octanol–water partition coefficient (Wildman–Crippen LogP) is 2.93. The van der Waals surface area contributed by atoms with Crippen LogP contribution in [0.4, 0.5) is 38.2 Å². The molecule has 0 amide bonds. The number of hydrogen-bond donors (Lipinski definition) is 2. The van der Waals surface area contributed by atoms with Gasteiger partial charge in [-0.25, -0.2) is 0 Å². The molecule has 1 saturated carbocycles. The second kappa shape index (κ2) is 7.21. The van der Waals surface area contributed by atoms with E-state index in [4.69, 9.17) is 0 Å². The molecule has 2 atom stereocenters. The van der Waals surface area contributed by atoms with Crippen molar-refractivity contribution in [2.45, 2.75) is 51.1 Å². The summed E-state index contributed by atoms with van der Waals surface area (Å²) in [6.07, 6.45) is -7.58. The highest BCUT2D eigenvalue weighted by molar-refractivity contribution is 5.69. The highest BCUT2D eigenvalue weighted by Gasteiger charge is 2.41. The average molecular weight is 395 g/mol. The third-order valence-electron chi connectivity index (χ3n) is 3.75. The quantitative estimate of drug-likeness (QED) is 0.454. The summed E-state index contributed by atoms with van der Waals surface area (Å²) in [4.78, 5) is 21.8. The van der Waals surface area contributed by atoms with Gasteiger partial charge in [0.15, 0.2) is 0 Å². The molecule has 0 aliphatic heterocycles. The predicted molar refractivity (Wildman–Crippen MR) is 82.7 cm³/mol. The molecule has 1 aromatic heterocycles. The van der Waals surface area contributed by atoms with Crippen molar-refractivity contribution < 1.29 is 31.1 Å². The second-order valence-electron chi connectivity index (χ2n) is 6.15. The van der Waals surface area contributed by atoms with E-state index in [1.54, 1.807) is 0 Å². The Morgan fingerprint density at radius 2 is 1.41 bits per heavy atom. The zero-order chi connectivity index (χ0) is 20.5. The number of aromatic nitrogens is 3. The van der Waals surface area contributed by atoms with Gasteiger partial charge in [-0.05, 0) is 32.6 Å². The third-order valence-corrected chi connectivity index (χ3v) is 3.75. The van der Waals surface area contributed by atoms with E-state index in [1.807, 2.05) is 10.6 Å². The molecule has 1 unspecified atom stereocenters. The van der Waals surface area contributed by atoms with Gasteiger partial charge in [-0.2, -0.15) is 41.3 Å². The molecule has 1 aliphatic rings. The molecule has 2 N–H and O–H groups in total. The number of carbonyl (C=O) groups excluding carboxylic acids is 1. The molecule has 0 spiro atoms. The zero-order valence-corrected chi connectivity index (χ0v) is 14.2. The fourth-order valence-electron chi connectivity index (χ4n) is 1.70. The Morgan fingerprint density at radius 1 is 0.963 bits per heavy atom. The molecular formula is C15H15F6N5O. The van der Waals surface area contributed by atoms with Crippen molar-refractivity contribution in [1.29, 1.82) is 0 Å². The molecule has 148 valence electrons.